The summed E-state index contributed by atoms with van der Waals surface area (Å²) in [4.78, 5) is 26.6. The Hall–Kier alpha value is -2.60. The fourth-order valence-electron chi connectivity index (χ4n) is 3.27. The molecular weight excluding hydrogens is 332 g/mol. The number of ether oxygens (including phenoxy) is 1. The summed E-state index contributed by atoms with van der Waals surface area (Å²) in [6, 6.07) is 9.59. The molecule has 1 saturated heterocycles. The largest absolute Gasteiger partial charge is 0.472 e. The lowest BCUT2D eigenvalue weighted by Gasteiger charge is -2.31. The van der Waals surface area contributed by atoms with Crippen molar-refractivity contribution in [3.63, 3.8) is 0 Å². The van der Waals surface area contributed by atoms with E-state index in [9.17, 15) is 9.59 Å². The van der Waals surface area contributed by atoms with E-state index in [0.29, 0.717) is 44.6 Å². The Kier molecular flexibility index (Phi) is 6.07. The maximum absolute atomic E-state index is 12.5. The van der Waals surface area contributed by atoms with E-state index in [0.717, 1.165) is 11.1 Å². The number of hydrogen-bond acceptors (Lipinski definition) is 4. The van der Waals surface area contributed by atoms with Crippen molar-refractivity contribution in [2.24, 2.45) is 5.92 Å². The average molecular weight is 356 g/mol. The van der Waals surface area contributed by atoms with Crippen LogP contribution in [-0.4, -0.2) is 36.9 Å². The van der Waals surface area contributed by atoms with E-state index in [1.54, 1.807) is 18.1 Å². The van der Waals surface area contributed by atoms with E-state index < -0.39 is 0 Å². The molecular formula is C20H24N2O4. The zero-order chi connectivity index (χ0) is 18.4. The molecule has 0 spiro atoms. The Labute approximate surface area is 153 Å². The number of furan rings is 1. The van der Waals surface area contributed by atoms with Gasteiger partial charge in [-0.1, -0.05) is 24.3 Å². The summed E-state index contributed by atoms with van der Waals surface area (Å²) < 4.78 is 10.2. The molecule has 3 rings (SSSR count). The Balaban J connectivity index is 1.49. The molecule has 2 amide bonds. The number of nitrogens with zero attached hydrogens (tertiary/aromatic N) is 1. The van der Waals surface area contributed by atoms with Gasteiger partial charge in [-0.15, -0.1) is 0 Å². The third kappa shape index (κ3) is 4.32. The highest BCUT2D eigenvalue weighted by atomic mass is 16.5. The summed E-state index contributed by atoms with van der Waals surface area (Å²) in [7, 11) is 1.66. The van der Waals surface area contributed by atoms with Gasteiger partial charge >= 0.3 is 0 Å². The summed E-state index contributed by atoms with van der Waals surface area (Å²) >= 11 is 0. The van der Waals surface area contributed by atoms with E-state index in [2.05, 4.69) is 5.32 Å². The first kappa shape index (κ1) is 18.2. The van der Waals surface area contributed by atoms with E-state index in [1.807, 2.05) is 24.3 Å². The smallest absolute Gasteiger partial charge is 0.257 e. The van der Waals surface area contributed by atoms with Crippen molar-refractivity contribution in [3.05, 3.63) is 59.5 Å². The molecule has 26 heavy (non-hydrogen) atoms. The minimum atomic E-state index is -0.0574. The number of piperidine rings is 1. The maximum atomic E-state index is 12.5. The monoisotopic (exact) mass is 356 g/mol. The summed E-state index contributed by atoms with van der Waals surface area (Å²) in [5.41, 5.74) is 2.70. The van der Waals surface area contributed by atoms with Gasteiger partial charge in [0.1, 0.15) is 6.26 Å². The van der Waals surface area contributed by atoms with Crippen molar-refractivity contribution < 1.29 is 18.7 Å². The molecule has 0 radical (unpaired) electrons. The van der Waals surface area contributed by atoms with Gasteiger partial charge in [0.2, 0.25) is 5.91 Å². The molecule has 2 aromatic rings. The van der Waals surface area contributed by atoms with Gasteiger partial charge in [-0.05, 0) is 30.0 Å². The van der Waals surface area contributed by atoms with Crippen LogP contribution in [0.5, 0.6) is 0 Å². The molecule has 6 nitrogen and oxygen atoms in total. The van der Waals surface area contributed by atoms with Crippen molar-refractivity contribution in [2.75, 3.05) is 20.2 Å². The van der Waals surface area contributed by atoms with Crippen LogP contribution in [0.1, 0.15) is 34.3 Å². The highest BCUT2D eigenvalue weighted by molar-refractivity contribution is 5.94. The predicted octanol–water partition coefficient (Wildman–Crippen LogP) is 2.59. The Morgan fingerprint density at radius 2 is 1.92 bits per heavy atom. The second kappa shape index (κ2) is 8.67. The molecule has 0 aliphatic carbocycles. The van der Waals surface area contributed by atoms with Gasteiger partial charge in [0.15, 0.2) is 0 Å². The lowest BCUT2D eigenvalue weighted by Crippen LogP contribution is -2.42. The lowest BCUT2D eigenvalue weighted by molar-refractivity contribution is -0.126. The van der Waals surface area contributed by atoms with Crippen LogP contribution < -0.4 is 5.32 Å². The molecule has 0 saturated carbocycles. The molecule has 6 heteroatoms. The van der Waals surface area contributed by atoms with Crippen molar-refractivity contribution >= 4 is 11.8 Å². The molecule has 0 unspecified atom stereocenters. The lowest BCUT2D eigenvalue weighted by atomic mass is 9.95. The number of methoxy groups -OCH3 is 1. The Morgan fingerprint density at radius 3 is 2.58 bits per heavy atom. The number of rotatable bonds is 6. The molecule has 1 N–H and O–H groups in total. The quantitative estimate of drug-likeness (QED) is 0.864. The van der Waals surface area contributed by atoms with Crippen LogP contribution in [0.25, 0.3) is 0 Å². The van der Waals surface area contributed by atoms with Crippen LogP contribution in [0, 0.1) is 5.92 Å². The van der Waals surface area contributed by atoms with Crippen LogP contribution in [0.3, 0.4) is 0 Å². The highest BCUT2D eigenvalue weighted by Crippen LogP contribution is 2.20. The van der Waals surface area contributed by atoms with Gasteiger partial charge < -0.3 is 19.4 Å². The van der Waals surface area contributed by atoms with Gasteiger partial charge in [0, 0.05) is 32.7 Å². The minimum Gasteiger partial charge on any atom is -0.472 e. The summed E-state index contributed by atoms with van der Waals surface area (Å²) in [5.74, 6) is -0.0447. The topological polar surface area (TPSA) is 71.8 Å². The van der Waals surface area contributed by atoms with E-state index >= 15 is 0 Å². The molecule has 0 atom stereocenters. The van der Waals surface area contributed by atoms with Crippen LogP contribution in [0.15, 0.2) is 47.3 Å². The number of likely N-dealkylation sites (tertiary alicyclic amines) is 1. The highest BCUT2D eigenvalue weighted by Gasteiger charge is 2.28. The number of carbonyl (C=O) groups excluding carboxylic acids is 2. The average Bonchev–Trinajstić information content (AvgIpc) is 3.21. The number of amides is 2. The predicted molar refractivity (Wildman–Crippen MR) is 96.3 cm³/mol. The zero-order valence-electron chi connectivity index (χ0n) is 14.9. The molecule has 1 fully saturated rings. The van der Waals surface area contributed by atoms with E-state index in [1.165, 1.54) is 12.5 Å². The summed E-state index contributed by atoms with van der Waals surface area (Å²) in [6.45, 7) is 2.19. The van der Waals surface area contributed by atoms with Gasteiger partial charge in [0.05, 0.1) is 18.4 Å². The van der Waals surface area contributed by atoms with Crippen LogP contribution in [-0.2, 0) is 22.7 Å². The van der Waals surface area contributed by atoms with Crippen molar-refractivity contribution in [1.29, 1.82) is 0 Å². The molecule has 1 aromatic carbocycles. The second-order valence-corrected chi connectivity index (χ2v) is 6.50. The van der Waals surface area contributed by atoms with Crippen molar-refractivity contribution in [2.45, 2.75) is 26.0 Å². The van der Waals surface area contributed by atoms with E-state index in [-0.39, 0.29) is 17.7 Å². The third-order valence-corrected chi connectivity index (χ3v) is 4.79. The normalized spacial score (nSPS) is 15.0. The molecule has 0 bridgehead atoms. The first-order valence-corrected chi connectivity index (χ1v) is 8.84. The fraction of sp³-hybridized carbons (Fsp3) is 0.400. The minimum absolute atomic E-state index is 0.0360. The van der Waals surface area contributed by atoms with Crippen LogP contribution in [0.4, 0.5) is 0 Å². The van der Waals surface area contributed by atoms with Crippen molar-refractivity contribution in [1.82, 2.24) is 10.2 Å². The van der Waals surface area contributed by atoms with Gasteiger partial charge in [-0.2, -0.15) is 0 Å². The van der Waals surface area contributed by atoms with Crippen molar-refractivity contribution in [3.8, 4) is 0 Å². The molecule has 1 aromatic heterocycles. The summed E-state index contributed by atoms with van der Waals surface area (Å²) in [5, 5.41) is 3.03. The number of hydrogen-bond donors (Lipinski definition) is 1. The summed E-state index contributed by atoms with van der Waals surface area (Å²) in [6.07, 6.45) is 4.30. The molecule has 138 valence electrons. The van der Waals surface area contributed by atoms with E-state index in [4.69, 9.17) is 9.15 Å². The maximum Gasteiger partial charge on any atom is 0.257 e. The fourth-order valence-corrected chi connectivity index (χ4v) is 3.27. The SMILES string of the molecule is COCc1ccccc1CNC(=O)C1CCN(C(=O)c2ccoc2)CC1. The van der Waals surface area contributed by atoms with Gasteiger partial charge in [-0.25, -0.2) is 0 Å². The van der Waals surface area contributed by atoms with Gasteiger partial charge in [0.25, 0.3) is 5.91 Å². The number of carbonyl (C=O) groups is 2. The standard InChI is InChI=1S/C20H24N2O4/c1-25-13-17-5-3-2-4-16(17)12-21-19(23)15-6-9-22(10-7-15)20(24)18-8-11-26-14-18/h2-5,8,11,14-15H,6-7,9-10,12-13H2,1H3,(H,21,23). The molecule has 1 aliphatic rings. The third-order valence-electron chi connectivity index (χ3n) is 4.79. The Bertz CT molecular complexity index is 734. The Morgan fingerprint density at radius 1 is 1.19 bits per heavy atom. The first-order chi connectivity index (χ1) is 12.7. The number of benzene rings is 1. The van der Waals surface area contributed by atoms with Crippen LogP contribution in [0.2, 0.25) is 0 Å². The second-order valence-electron chi connectivity index (χ2n) is 6.50. The molecule has 2 heterocycles. The van der Waals surface area contributed by atoms with Gasteiger partial charge in [-0.3, -0.25) is 9.59 Å². The zero-order valence-corrected chi connectivity index (χ0v) is 14.9. The first-order valence-electron chi connectivity index (χ1n) is 8.84. The molecule has 1 aliphatic heterocycles. The number of nitrogens with one attached hydrogen (secondary N) is 1. The van der Waals surface area contributed by atoms with Crippen LogP contribution >= 0.6 is 0 Å².